The highest BCUT2D eigenvalue weighted by Crippen LogP contribution is 2.08. The largest absolute Gasteiger partial charge is 0.494 e. The summed E-state index contributed by atoms with van der Waals surface area (Å²) in [5, 5.41) is 12.3. The number of aromatic nitrogens is 1. The summed E-state index contributed by atoms with van der Waals surface area (Å²) >= 11 is 0. The molecule has 1 heterocycles. The van der Waals surface area contributed by atoms with Gasteiger partial charge in [0.05, 0.1) is 0 Å². The van der Waals surface area contributed by atoms with Gasteiger partial charge in [0.1, 0.15) is 0 Å². The normalized spacial score (nSPS) is 12.2. The minimum atomic E-state index is -0.269. The number of nitrogens with zero attached hydrogens (tertiary/aromatic N) is 1. The quantitative estimate of drug-likeness (QED) is 0.780. The average molecular weight is 224 g/mol. The first-order valence-electron chi connectivity index (χ1n) is 5.07. The smallest absolute Gasteiger partial charge is 0.253 e. The number of rotatable bonds is 3. The molecule has 1 aromatic heterocycles. The van der Waals surface area contributed by atoms with Gasteiger partial charge < -0.3 is 10.4 Å². The molecule has 0 bridgehead atoms. The maximum absolute atomic E-state index is 11.6. The second-order valence-corrected chi connectivity index (χ2v) is 3.94. The Hall–Kier alpha value is -1.78. The van der Waals surface area contributed by atoms with Crippen molar-refractivity contribution < 1.29 is 9.90 Å². The molecule has 5 heteroatoms. The van der Waals surface area contributed by atoms with E-state index in [0.29, 0.717) is 5.56 Å². The van der Waals surface area contributed by atoms with Gasteiger partial charge in [0.25, 0.3) is 5.56 Å². The molecule has 88 valence electrons. The predicted molar refractivity (Wildman–Crippen MR) is 60.4 cm³/mol. The van der Waals surface area contributed by atoms with Crippen LogP contribution in [0.15, 0.2) is 16.9 Å². The molecule has 0 radical (unpaired) electrons. The van der Waals surface area contributed by atoms with Gasteiger partial charge in [-0.3, -0.25) is 14.2 Å². The van der Waals surface area contributed by atoms with E-state index in [2.05, 4.69) is 5.32 Å². The van der Waals surface area contributed by atoms with E-state index < -0.39 is 0 Å². The van der Waals surface area contributed by atoms with Gasteiger partial charge in [0, 0.05) is 31.6 Å². The molecule has 0 aliphatic carbocycles. The molecule has 0 aliphatic rings. The molecule has 0 saturated heterocycles. The Balaban J connectivity index is 2.89. The lowest BCUT2D eigenvalue weighted by Crippen LogP contribution is -2.36. The third-order valence-corrected chi connectivity index (χ3v) is 2.16. The molecule has 2 N–H and O–H groups in total. The fourth-order valence-corrected chi connectivity index (χ4v) is 1.56. The van der Waals surface area contributed by atoms with E-state index in [1.54, 1.807) is 13.8 Å². The minimum Gasteiger partial charge on any atom is -0.494 e. The van der Waals surface area contributed by atoms with E-state index in [-0.39, 0.29) is 29.9 Å². The number of hydrogen-bond acceptors (Lipinski definition) is 3. The van der Waals surface area contributed by atoms with Crippen LogP contribution in [0, 0.1) is 6.92 Å². The van der Waals surface area contributed by atoms with Crippen LogP contribution in [0.5, 0.6) is 5.88 Å². The Bertz CT molecular complexity index is 451. The van der Waals surface area contributed by atoms with Crippen molar-refractivity contribution in [1.29, 1.82) is 0 Å². The van der Waals surface area contributed by atoms with E-state index in [0.717, 1.165) is 0 Å². The number of carbonyl (C=O) groups excluding carboxylic acids is 1. The van der Waals surface area contributed by atoms with Crippen LogP contribution >= 0.6 is 0 Å². The Kier molecular flexibility index (Phi) is 3.71. The van der Waals surface area contributed by atoms with Gasteiger partial charge in [-0.15, -0.1) is 0 Å². The van der Waals surface area contributed by atoms with Crippen LogP contribution in [0.25, 0.3) is 0 Å². The molecule has 0 aliphatic heterocycles. The molecule has 1 amide bonds. The molecule has 0 fully saturated rings. The molecule has 1 atom stereocenters. The number of nitrogens with one attached hydrogen (secondary N) is 1. The van der Waals surface area contributed by atoms with Crippen LogP contribution in [0.4, 0.5) is 0 Å². The van der Waals surface area contributed by atoms with Gasteiger partial charge >= 0.3 is 0 Å². The molecular weight excluding hydrogens is 208 g/mol. The van der Waals surface area contributed by atoms with Crippen LogP contribution in [-0.4, -0.2) is 21.6 Å². The fourth-order valence-electron chi connectivity index (χ4n) is 1.56. The number of carbonyl (C=O) groups is 1. The van der Waals surface area contributed by atoms with E-state index in [1.807, 2.05) is 0 Å². The Morgan fingerprint density at radius 2 is 2.19 bits per heavy atom. The number of amides is 1. The van der Waals surface area contributed by atoms with Crippen LogP contribution in [0.2, 0.25) is 0 Å². The molecule has 1 unspecified atom stereocenters. The van der Waals surface area contributed by atoms with Gasteiger partial charge in [-0.25, -0.2) is 0 Å². The first kappa shape index (κ1) is 12.3. The van der Waals surface area contributed by atoms with Crippen molar-refractivity contribution in [2.24, 2.45) is 0 Å². The second-order valence-electron chi connectivity index (χ2n) is 3.94. The van der Waals surface area contributed by atoms with Gasteiger partial charge in [-0.1, -0.05) is 0 Å². The van der Waals surface area contributed by atoms with Crippen LogP contribution in [0.3, 0.4) is 0 Å². The fraction of sp³-hybridized carbons (Fsp3) is 0.455. The SMILES string of the molecule is CC(=O)NC(C)Cn1c(O)cc(C)cc1=O. The monoisotopic (exact) mass is 224 g/mol. The summed E-state index contributed by atoms with van der Waals surface area (Å²) in [7, 11) is 0. The predicted octanol–water partition coefficient (Wildman–Crippen LogP) is 0.387. The van der Waals surface area contributed by atoms with Crippen molar-refractivity contribution in [2.45, 2.75) is 33.4 Å². The summed E-state index contributed by atoms with van der Waals surface area (Å²) < 4.78 is 1.23. The standard InChI is InChI=1S/C11H16N2O3/c1-7-4-10(15)13(11(16)5-7)6-8(2)12-9(3)14/h4-5,8,15H,6H2,1-3H3,(H,12,14). The first-order valence-corrected chi connectivity index (χ1v) is 5.07. The summed E-state index contributed by atoms with van der Waals surface area (Å²) in [6, 6.07) is 2.76. The Morgan fingerprint density at radius 3 is 2.69 bits per heavy atom. The van der Waals surface area contributed by atoms with Crippen molar-refractivity contribution in [3.63, 3.8) is 0 Å². The van der Waals surface area contributed by atoms with Gasteiger partial charge in [-0.2, -0.15) is 0 Å². The van der Waals surface area contributed by atoms with Crippen LogP contribution in [-0.2, 0) is 11.3 Å². The zero-order valence-electron chi connectivity index (χ0n) is 9.65. The highest BCUT2D eigenvalue weighted by atomic mass is 16.3. The summed E-state index contributed by atoms with van der Waals surface area (Å²) in [6.07, 6.45) is 0. The Labute approximate surface area is 93.7 Å². The van der Waals surface area contributed by atoms with Crippen LogP contribution in [0.1, 0.15) is 19.4 Å². The zero-order chi connectivity index (χ0) is 12.3. The zero-order valence-corrected chi connectivity index (χ0v) is 9.65. The van der Waals surface area contributed by atoms with Gasteiger partial charge in [-0.05, 0) is 19.4 Å². The van der Waals surface area contributed by atoms with Crippen molar-refractivity contribution in [2.75, 3.05) is 0 Å². The highest BCUT2D eigenvalue weighted by Gasteiger charge is 2.09. The van der Waals surface area contributed by atoms with Gasteiger partial charge in [0.2, 0.25) is 5.91 Å². The lowest BCUT2D eigenvalue weighted by molar-refractivity contribution is -0.119. The molecule has 0 aromatic carbocycles. The van der Waals surface area contributed by atoms with Crippen LogP contribution < -0.4 is 10.9 Å². The van der Waals surface area contributed by atoms with E-state index in [9.17, 15) is 14.7 Å². The number of pyridine rings is 1. The third-order valence-electron chi connectivity index (χ3n) is 2.16. The molecule has 1 aromatic rings. The average Bonchev–Trinajstić information content (AvgIpc) is 2.09. The van der Waals surface area contributed by atoms with Gasteiger partial charge in [0.15, 0.2) is 5.88 Å². The summed E-state index contributed by atoms with van der Waals surface area (Å²) in [4.78, 5) is 22.4. The minimum absolute atomic E-state index is 0.0813. The topological polar surface area (TPSA) is 71.3 Å². The van der Waals surface area contributed by atoms with E-state index in [1.165, 1.54) is 23.6 Å². The molecule has 1 rings (SSSR count). The molecule has 5 nitrogen and oxygen atoms in total. The second kappa shape index (κ2) is 4.83. The maximum atomic E-state index is 11.6. The van der Waals surface area contributed by atoms with E-state index >= 15 is 0 Å². The maximum Gasteiger partial charge on any atom is 0.253 e. The number of aryl methyl sites for hydroxylation is 1. The van der Waals surface area contributed by atoms with Crippen molar-refractivity contribution >= 4 is 5.91 Å². The molecule has 0 saturated carbocycles. The van der Waals surface area contributed by atoms with Crippen molar-refractivity contribution in [1.82, 2.24) is 9.88 Å². The number of aromatic hydroxyl groups is 1. The summed E-state index contributed by atoms with van der Waals surface area (Å²) in [6.45, 7) is 5.18. The molecule has 0 spiro atoms. The third kappa shape index (κ3) is 3.12. The highest BCUT2D eigenvalue weighted by molar-refractivity contribution is 5.73. The van der Waals surface area contributed by atoms with E-state index in [4.69, 9.17) is 0 Å². The Morgan fingerprint density at radius 1 is 1.56 bits per heavy atom. The van der Waals surface area contributed by atoms with Crippen molar-refractivity contribution in [3.8, 4) is 5.88 Å². The summed E-state index contributed by atoms with van der Waals surface area (Å²) in [5.74, 6) is -0.241. The first-order chi connectivity index (χ1) is 7.40. The van der Waals surface area contributed by atoms with Crippen molar-refractivity contribution in [3.05, 3.63) is 28.0 Å². The lowest BCUT2D eigenvalue weighted by atomic mass is 10.2. The molecule has 16 heavy (non-hydrogen) atoms. The lowest BCUT2D eigenvalue weighted by Gasteiger charge is -2.15. The number of hydrogen-bond donors (Lipinski definition) is 2. The summed E-state index contributed by atoms with van der Waals surface area (Å²) in [5.41, 5.74) is 0.445. The molecular formula is C11H16N2O3.